The van der Waals surface area contributed by atoms with Crippen molar-refractivity contribution < 1.29 is 36.9 Å². The molecule has 1 radical (unpaired) electrons. The van der Waals surface area contributed by atoms with Gasteiger partial charge in [-0.05, 0) is 48.5 Å². The van der Waals surface area contributed by atoms with Gasteiger partial charge in [-0.1, -0.05) is 24.3 Å². The number of carbonyl (C=O) groups excluding carboxylic acids is 1. The Bertz CT molecular complexity index is 1780. The van der Waals surface area contributed by atoms with Crippen LogP contribution in [-0.4, -0.2) is 5.97 Å². The van der Waals surface area contributed by atoms with Crippen LogP contribution in [0.2, 0.25) is 0 Å². The first-order valence-electron chi connectivity index (χ1n) is 10.8. The van der Waals surface area contributed by atoms with Crippen LogP contribution in [0.15, 0.2) is 103 Å². The number of carbonyl (C=O) groups is 1. The molecule has 0 saturated carbocycles. The van der Waals surface area contributed by atoms with Crippen LogP contribution in [0.3, 0.4) is 0 Å². The minimum absolute atomic E-state index is 0.145. The fraction of sp³-hybridized carbons (Fsp3) is 0.0357. The SMILES string of the molecule is CC(=O)O[I+](c1ccc2oc3ccccc3c(=O)c2c1)c1ccc2oc3ccccc3c(=O)c2c1. The van der Waals surface area contributed by atoms with Crippen molar-refractivity contribution >= 4 is 49.8 Å². The first-order valence-corrected chi connectivity index (χ1v) is 13.8. The molecule has 0 aliphatic heterocycles. The van der Waals surface area contributed by atoms with Gasteiger partial charge in [-0.25, -0.2) is 7.86 Å². The summed E-state index contributed by atoms with van der Waals surface area (Å²) in [5.41, 5.74) is 1.66. The number of rotatable bonds is 3. The lowest BCUT2D eigenvalue weighted by molar-refractivity contribution is -1.04. The average Bonchev–Trinajstić information content (AvgIpc) is 2.87. The molecular formula is C28H17IO6+. The average molecular weight is 576 g/mol. The first-order chi connectivity index (χ1) is 17.0. The van der Waals surface area contributed by atoms with Crippen LogP contribution in [0.1, 0.15) is 6.92 Å². The number of hydrogen-bond donors (Lipinski definition) is 0. The van der Waals surface area contributed by atoms with Gasteiger partial charge in [0.25, 0.3) is 0 Å². The van der Waals surface area contributed by atoms with E-state index in [9.17, 15) is 14.4 Å². The van der Waals surface area contributed by atoms with Crippen molar-refractivity contribution in [2.24, 2.45) is 0 Å². The number of benzene rings is 4. The lowest BCUT2D eigenvalue weighted by atomic mass is 10.1. The third-order valence-corrected chi connectivity index (χ3v) is 10.3. The predicted octanol–water partition coefficient (Wildman–Crippen LogP) is 2.35. The molecule has 6 nitrogen and oxygen atoms in total. The molecule has 0 aliphatic carbocycles. The Hall–Kier alpha value is -3.98. The second-order valence-electron chi connectivity index (χ2n) is 7.95. The van der Waals surface area contributed by atoms with E-state index in [0.717, 1.165) is 7.14 Å². The Morgan fingerprint density at radius 2 is 1.06 bits per heavy atom. The van der Waals surface area contributed by atoms with Gasteiger partial charge >= 0.3 is 26.2 Å². The van der Waals surface area contributed by atoms with Gasteiger partial charge < -0.3 is 8.83 Å². The van der Waals surface area contributed by atoms with Gasteiger partial charge in [0, 0.05) is 19.1 Å². The van der Waals surface area contributed by atoms with E-state index in [-0.39, 0.29) is 10.9 Å². The van der Waals surface area contributed by atoms with Crippen molar-refractivity contribution in [3.63, 3.8) is 0 Å². The van der Waals surface area contributed by atoms with Crippen LogP contribution in [-0.2, 0) is 7.86 Å². The summed E-state index contributed by atoms with van der Waals surface area (Å²) >= 11 is -2.83. The minimum atomic E-state index is -2.83. The standard InChI is InChI=1S/C28H17IO6/c1-16(30)35-29(17-10-12-25-21(14-17)27(31)19-6-2-4-8-23(19)33-25)18-11-13-26-22(15-18)28(32)20-7-3-5-9-24(20)34-26/h2-15H,1H3/q+1. The summed E-state index contributed by atoms with van der Waals surface area (Å²) < 4.78 is 19.1. The third kappa shape index (κ3) is 3.68. The number of hydrogen-bond acceptors (Lipinski definition) is 6. The summed E-state index contributed by atoms with van der Waals surface area (Å²) in [5, 5.41) is 1.81. The molecule has 6 rings (SSSR count). The second kappa shape index (κ2) is 8.35. The lowest BCUT2D eigenvalue weighted by Gasteiger charge is -2.07. The summed E-state index contributed by atoms with van der Waals surface area (Å²) in [7, 11) is 0. The first kappa shape index (κ1) is 21.5. The Balaban J connectivity index is 1.56. The molecule has 0 amide bonds. The van der Waals surface area contributed by atoms with Crippen LogP contribution in [0.5, 0.6) is 0 Å². The van der Waals surface area contributed by atoms with Gasteiger partial charge in [-0.2, -0.15) is 0 Å². The Morgan fingerprint density at radius 1 is 0.629 bits per heavy atom. The molecule has 171 valence electrons. The van der Waals surface area contributed by atoms with E-state index in [1.165, 1.54) is 6.92 Å². The van der Waals surface area contributed by atoms with Crippen LogP contribution in [0, 0.1) is 7.14 Å². The molecule has 0 saturated heterocycles. The van der Waals surface area contributed by atoms with Gasteiger partial charge in [0.2, 0.25) is 10.9 Å². The summed E-state index contributed by atoms with van der Waals surface area (Å²) in [5.74, 6) is -0.425. The van der Waals surface area contributed by atoms with Crippen LogP contribution in [0.4, 0.5) is 0 Å². The molecule has 0 atom stereocenters. The maximum atomic E-state index is 13.2. The van der Waals surface area contributed by atoms with E-state index >= 15 is 0 Å². The normalized spacial score (nSPS) is 11.6. The van der Waals surface area contributed by atoms with Crippen LogP contribution >= 0.6 is 0 Å². The molecule has 2 heterocycles. The van der Waals surface area contributed by atoms with Gasteiger partial charge in [0.1, 0.15) is 22.3 Å². The zero-order valence-electron chi connectivity index (χ0n) is 18.4. The molecule has 0 spiro atoms. The highest BCUT2D eigenvalue weighted by Crippen LogP contribution is 2.19. The van der Waals surface area contributed by atoms with E-state index in [2.05, 4.69) is 0 Å². The van der Waals surface area contributed by atoms with Gasteiger partial charge in [0.15, 0.2) is 7.14 Å². The van der Waals surface area contributed by atoms with E-state index in [4.69, 9.17) is 11.9 Å². The second-order valence-corrected chi connectivity index (χ2v) is 12.3. The molecular weight excluding hydrogens is 559 g/mol. The minimum Gasteiger partial charge on any atom is -0.456 e. The lowest BCUT2D eigenvalue weighted by Crippen LogP contribution is -3.85. The number of fused-ring (bicyclic) bond motifs is 4. The van der Waals surface area contributed by atoms with Gasteiger partial charge in [-0.15, -0.1) is 0 Å². The highest BCUT2D eigenvalue weighted by Gasteiger charge is 2.34. The molecule has 35 heavy (non-hydrogen) atoms. The number of halogens is 1. The molecule has 6 aromatic rings. The van der Waals surface area contributed by atoms with E-state index in [0.29, 0.717) is 43.9 Å². The maximum absolute atomic E-state index is 13.2. The predicted molar refractivity (Wildman–Crippen MR) is 129 cm³/mol. The zero-order chi connectivity index (χ0) is 24.1. The molecule has 0 unspecified atom stereocenters. The Labute approximate surface area is 205 Å². The third-order valence-electron chi connectivity index (χ3n) is 5.66. The highest BCUT2D eigenvalue weighted by molar-refractivity contribution is 5.90. The molecule has 0 bridgehead atoms. The summed E-state index contributed by atoms with van der Waals surface area (Å²) in [4.78, 5) is 38.4. The Kier molecular flexibility index (Phi) is 5.14. The highest BCUT2D eigenvalue weighted by atomic mass is 127. The van der Waals surface area contributed by atoms with Crippen LogP contribution < -0.4 is 31.1 Å². The van der Waals surface area contributed by atoms with E-state index in [1.54, 1.807) is 60.7 Å². The summed E-state index contributed by atoms with van der Waals surface area (Å²) in [6.45, 7) is 1.36. The summed E-state index contributed by atoms with van der Waals surface area (Å²) in [6.07, 6.45) is 0. The largest absolute Gasteiger partial charge is 0.456 e. The fourth-order valence-corrected chi connectivity index (χ4v) is 8.14. The van der Waals surface area contributed by atoms with Gasteiger partial charge in [0.05, 0.1) is 21.5 Å². The smallest absolute Gasteiger partial charge is 0.358 e. The maximum Gasteiger partial charge on any atom is 0.358 e. The van der Waals surface area contributed by atoms with Crippen molar-refractivity contribution in [3.8, 4) is 0 Å². The molecule has 0 aliphatic rings. The van der Waals surface area contributed by atoms with Crippen molar-refractivity contribution in [2.75, 3.05) is 0 Å². The quantitative estimate of drug-likeness (QED) is 0.238. The van der Waals surface area contributed by atoms with E-state index in [1.807, 2.05) is 24.3 Å². The molecule has 0 N–H and O–H groups in total. The Morgan fingerprint density at radius 3 is 1.51 bits per heavy atom. The van der Waals surface area contributed by atoms with Crippen molar-refractivity contribution in [3.05, 3.63) is 113 Å². The van der Waals surface area contributed by atoms with E-state index < -0.39 is 26.2 Å². The molecule has 7 heteroatoms. The van der Waals surface area contributed by atoms with Crippen molar-refractivity contribution in [2.45, 2.75) is 6.92 Å². The summed E-state index contributed by atoms with van der Waals surface area (Å²) in [6, 6.07) is 24.8. The topological polar surface area (TPSA) is 86.7 Å². The monoisotopic (exact) mass is 576 g/mol. The molecule has 4 aromatic carbocycles. The molecule has 2 aromatic heterocycles. The zero-order valence-corrected chi connectivity index (χ0v) is 20.6. The van der Waals surface area contributed by atoms with Crippen molar-refractivity contribution in [1.82, 2.24) is 0 Å². The van der Waals surface area contributed by atoms with Gasteiger partial charge in [-0.3, -0.25) is 9.59 Å². The van der Waals surface area contributed by atoms with Crippen molar-refractivity contribution in [1.29, 1.82) is 0 Å². The number of para-hydroxylation sites is 2. The molecule has 0 fully saturated rings. The fourth-order valence-electron chi connectivity index (χ4n) is 4.09. The van der Waals surface area contributed by atoms with Crippen LogP contribution in [0.25, 0.3) is 43.9 Å².